The Balaban J connectivity index is 1.63. The summed E-state index contributed by atoms with van der Waals surface area (Å²) in [7, 11) is 0. The Morgan fingerprint density at radius 2 is 2.30 bits per heavy atom. The van der Waals surface area contributed by atoms with Crippen LogP contribution < -0.4 is 5.32 Å². The summed E-state index contributed by atoms with van der Waals surface area (Å²) in [6.45, 7) is 3.45. The Bertz CT molecular complexity index is 476. The van der Waals surface area contributed by atoms with E-state index >= 15 is 0 Å². The summed E-state index contributed by atoms with van der Waals surface area (Å²) >= 11 is 1.66. The fourth-order valence-electron chi connectivity index (χ4n) is 1.81. The summed E-state index contributed by atoms with van der Waals surface area (Å²) in [5.74, 6) is 0. The lowest BCUT2D eigenvalue weighted by Gasteiger charge is -2.17. The summed E-state index contributed by atoms with van der Waals surface area (Å²) in [6.07, 6.45) is 3.08. The minimum atomic E-state index is -0.505. The van der Waals surface area contributed by atoms with E-state index in [0.29, 0.717) is 19.8 Å². The van der Waals surface area contributed by atoms with E-state index in [1.165, 1.54) is 4.88 Å². The maximum Gasteiger partial charge on any atom is 0.0898 e. The van der Waals surface area contributed by atoms with Gasteiger partial charge >= 0.3 is 0 Å². The average molecular weight is 292 g/mol. The van der Waals surface area contributed by atoms with Gasteiger partial charge in [-0.2, -0.15) is 0 Å². The number of aliphatic hydroxyl groups excluding tert-OH is 1. The summed E-state index contributed by atoms with van der Waals surface area (Å²) < 4.78 is 5.49. The van der Waals surface area contributed by atoms with E-state index in [9.17, 15) is 5.11 Å². The van der Waals surface area contributed by atoms with E-state index in [4.69, 9.17) is 4.74 Å². The molecular weight excluding hydrogens is 272 g/mol. The lowest BCUT2D eigenvalue weighted by atomic mass is 10.1. The molecule has 2 atom stereocenters. The number of rotatable bonds is 8. The third-order valence-electron chi connectivity index (χ3n) is 2.98. The molecule has 108 valence electrons. The quantitative estimate of drug-likeness (QED) is 0.784. The van der Waals surface area contributed by atoms with Crippen molar-refractivity contribution in [3.05, 3.63) is 52.5 Å². The van der Waals surface area contributed by atoms with Crippen LogP contribution in [0.15, 0.2) is 42.0 Å². The zero-order valence-electron chi connectivity index (χ0n) is 11.5. The molecule has 0 aromatic carbocycles. The zero-order valence-corrected chi connectivity index (χ0v) is 12.3. The second kappa shape index (κ2) is 8.11. The fraction of sp³-hybridized carbons (Fsp3) is 0.400. The average Bonchev–Trinajstić information content (AvgIpc) is 2.99. The largest absolute Gasteiger partial charge is 0.389 e. The van der Waals surface area contributed by atoms with Gasteiger partial charge in [-0.3, -0.25) is 4.98 Å². The second-order valence-corrected chi connectivity index (χ2v) is 5.70. The van der Waals surface area contributed by atoms with Crippen molar-refractivity contribution < 1.29 is 9.84 Å². The maximum absolute atomic E-state index is 9.87. The molecule has 0 saturated heterocycles. The van der Waals surface area contributed by atoms with Gasteiger partial charge in [0.15, 0.2) is 0 Å². The van der Waals surface area contributed by atoms with Crippen LogP contribution in [0, 0.1) is 0 Å². The summed E-state index contributed by atoms with van der Waals surface area (Å²) in [4.78, 5) is 5.26. The van der Waals surface area contributed by atoms with E-state index < -0.39 is 6.10 Å². The van der Waals surface area contributed by atoms with Gasteiger partial charge in [-0.1, -0.05) is 12.1 Å². The van der Waals surface area contributed by atoms with Gasteiger partial charge in [0, 0.05) is 29.9 Å². The Morgan fingerprint density at radius 3 is 3.00 bits per heavy atom. The number of aromatic nitrogens is 1. The van der Waals surface area contributed by atoms with Crippen molar-refractivity contribution in [1.29, 1.82) is 0 Å². The first kappa shape index (κ1) is 15.1. The van der Waals surface area contributed by atoms with Crippen LogP contribution in [0.3, 0.4) is 0 Å². The minimum Gasteiger partial charge on any atom is -0.389 e. The van der Waals surface area contributed by atoms with E-state index in [0.717, 1.165) is 5.56 Å². The summed E-state index contributed by atoms with van der Waals surface area (Å²) in [6, 6.07) is 8.12. The Hall–Kier alpha value is -1.27. The molecule has 0 aliphatic rings. The van der Waals surface area contributed by atoms with Crippen LogP contribution >= 0.6 is 11.3 Å². The first-order chi connectivity index (χ1) is 9.75. The van der Waals surface area contributed by atoms with Crippen molar-refractivity contribution in [2.24, 2.45) is 0 Å². The van der Waals surface area contributed by atoms with Crippen molar-refractivity contribution in [2.75, 3.05) is 13.2 Å². The molecule has 0 amide bonds. The molecule has 2 unspecified atom stereocenters. The van der Waals surface area contributed by atoms with Crippen molar-refractivity contribution >= 4 is 11.3 Å². The van der Waals surface area contributed by atoms with Gasteiger partial charge in [0.05, 0.1) is 19.3 Å². The van der Waals surface area contributed by atoms with Crippen LogP contribution in [0.2, 0.25) is 0 Å². The van der Waals surface area contributed by atoms with Gasteiger partial charge in [0.1, 0.15) is 0 Å². The molecule has 0 bridgehead atoms. The molecule has 2 aromatic heterocycles. The molecule has 0 saturated carbocycles. The van der Waals surface area contributed by atoms with Gasteiger partial charge in [-0.25, -0.2) is 0 Å². The SMILES string of the molecule is CC(NCC(O)COCc1cccs1)c1cccnc1. The maximum atomic E-state index is 9.87. The van der Waals surface area contributed by atoms with E-state index in [-0.39, 0.29) is 6.04 Å². The molecule has 5 heteroatoms. The predicted molar refractivity (Wildman–Crippen MR) is 80.6 cm³/mol. The van der Waals surface area contributed by atoms with Crippen LogP contribution in [0.5, 0.6) is 0 Å². The molecule has 0 aliphatic heterocycles. The number of nitrogens with one attached hydrogen (secondary N) is 1. The fourth-order valence-corrected chi connectivity index (χ4v) is 2.45. The normalized spacial score (nSPS) is 14.1. The highest BCUT2D eigenvalue weighted by molar-refractivity contribution is 7.09. The lowest BCUT2D eigenvalue weighted by molar-refractivity contribution is 0.0288. The molecule has 2 aromatic rings. The molecule has 0 spiro atoms. The number of thiophene rings is 1. The number of hydrogen-bond donors (Lipinski definition) is 2. The smallest absolute Gasteiger partial charge is 0.0898 e. The van der Waals surface area contributed by atoms with Crippen molar-refractivity contribution in [2.45, 2.75) is 25.7 Å². The third kappa shape index (κ3) is 5.02. The number of aliphatic hydroxyl groups is 1. The highest BCUT2D eigenvalue weighted by Crippen LogP contribution is 2.11. The molecule has 0 radical (unpaired) electrons. The number of nitrogens with zero attached hydrogens (tertiary/aromatic N) is 1. The molecule has 2 rings (SSSR count). The zero-order chi connectivity index (χ0) is 14.2. The van der Waals surface area contributed by atoms with Crippen LogP contribution in [0.1, 0.15) is 23.4 Å². The molecule has 20 heavy (non-hydrogen) atoms. The second-order valence-electron chi connectivity index (χ2n) is 4.66. The number of hydrogen-bond acceptors (Lipinski definition) is 5. The van der Waals surface area contributed by atoms with Crippen LogP contribution in [0.4, 0.5) is 0 Å². The van der Waals surface area contributed by atoms with Crippen LogP contribution in [-0.4, -0.2) is 29.3 Å². The van der Waals surface area contributed by atoms with Crippen molar-refractivity contribution in [3.63, 3.8) is 0 Å². The molecular formula is C15H20N2O2S. The first-order valence-corrected chi connectivity index (χ1v) is 7.55. The molecule has 0 fully saturated rings. The van der Waals surface area contributed by atoms with Gasteiger partial charge in [0.25, 0.3) is 0 Å². The van der Waals surface area contributed by atoms with Crippen molar-refractivity contribution in [3.8, 4) is 0 Å². The Labute approximate surface area is 123 Å². The van der Waals surface area contributed by atoms with E-state index in [2.05, 4.69) is 17.2 Å². The van der Waals surface area contributed by atoms with E-state index in [1.807, 2.05) is 35.8 Å². The highest BCUT2D eigenvalue weighted by Gasteiger charge is 2.09. The number of pyridine rings is 1. The molecule has 0 aliphatic carbocycles. The Kier molecular flexibility index (Phi) is 6.14. The minimum absolute atomic E-state index is 0.163. The summed E-state index contributed by atoms with van der Waals surface area (Å²) in [5.41, 5.74) is 1.11. The highest BCUT2D eigenvalue weighted by atomic mass is 32.1. The van der Waals surface area contributed by atoms with Crippen LogP contribution in [-0.2, 0) is 11.3 Å². The van der Waals surface area contributed by atoms with Gasteiger partial charge in [-0.05, 0) is 30.0 Å². The first-order valence-electron chi connectivity index (χ1n) is 6.67. The number of ether oxygens (including phenoxy) is 1. The lowest BCUT2D eigenvalue weighted by Crippen LogP contribution is -2.32. The Morgan fingerprint density at radius 1 is 1.40 bits per heavy atom. The van der Waals surface area contributed by atoms with Gasteiger partial charge in [-0.15, -0.1) is 11.3 Å². The molecule has 2 N–H and O–H groups in total. The molecule has 4 nitrogen and oxygen atoms in total. The molecule has 2 heterocycles. The monoisotopic (exact) mass is 292 g/mol. The standard InChI is InChI=1S/C15H20N2O2S/c1-12(13-4-2-6-16-8-13)17-9-14(18)10-19-11-15-5-3-7-20-15/h2-8,12,14,17-18H,9-11H2,1H3. The third-order valence-corrected chi connectivity index (χ3v) is 3.83. The van der Waals surface area contributed by atoms with Crippen molar-refractivity contribution in [1.82, 2.24) is 10.3 Å². The predicted octanol–water partition coefficient (Wildman–Crippen LogP) is 2.37. The summed E-state index contributed by atoms with van der Waals surface area (Å²) in [5, 5.41) is 15.2. The van der Waals surface area contributed by atoms with Gasteiger partial charge < -0.3 is 15.2 Å². The van der Waals surface area contributed by atoms with Crippen LogP contribution in [0.25, 0.3) is 0 Å². The van der Waals surface area contributed by atoms with Gasteiger partial charge in [0.2, 0.25) is 0 Å². The van der Waals surface area contributed by atoms with E-state index in [1.54, 1.807) is 17.5 Å². The topological polar surface area (TPSA) is 54.4 Å².